The summed E-state index contributed by atoms with van der Waals surface area (Å²) in [5.74, 6) is -0.0611. The summed E-state index contributed by atoms with van der Waals surface area (Å²) in [5.41, 5.74) is 3.72. The van der Waals surface area contributed by atoms with E-state index >= 15 is 0 Å². The second-order valence-electron chi connectivity index (χ2n) is 7.27. The van der Waals surface area contributed by atoms with Gasteiger partial charge in [-0.05, 0) is 41.3 Å². The number of rotatable bonds is 6. The molecule has 1 aliphatic rings. The van der Waals surface area contributed by atoms with Gasteiger partial charge in [-0.1, -0.05) is 60.7 Å². The second-order valence-corrected chi connectivity index (χ2v) is 8.83. The fourth-order valence-corrected chi connectivity index (χ4v) is 4.38. The van der Waals surface area contributed by atoms with Crippen molar-refractivity contribution in [1.29, 1.82) is 0 Å². The summed E-state index contributed by atoms with van der Waals surface area (Å²) in [6.07, 6.45) is 0.602. The van der Waals surface area contributed by atoms with Gasteiger partial charge in [0.1, 0.15) is 0 Å². The van der Waals surface area contributed by atoms with Crippen molar-refractivity contribution in [1.82, 2.24) is 5.32 Å². The number of hydrogen-bond acceptors (Lipinski definition) is 4. The maximum absolute atomic E-state index is 13.0. The van der Waals surface area contributed by atoms with Gasteiger partial charge in [-0.3, -0.25) is 10.1 Å². The number of sulfonamides is 1. The van der Waals surface area contributed by atoms with Gasteiger partial charge in [0.05, 0.1) is 17.5 Å². The third-order valence-electron chi connectivity index (χ3n) is 5.30. The Bertz CT molecular complexity index is 1110. The lowest BCUT2D eigenvalue weighted by atomic mass is 9.99. The largest absolute Gasteiger partial charge is 0.311 e. The fraction of sp³-hybridized carbons (Fsp3) is 0.174. The van der Waals surface area contributed by atoms with Crippen molar-refractivity contribution >= 4 is 21.6 Å². The van der Waals surface area contributed by atoms with Gasteiger partial charge < -0.3 is 4.90 Å². The Morgan fingerprint density at radius 3 is 2.13 bits per heavy atom. The van der Waals surface area contributed by atoms with Crippen LogP contribution in [0.4, 0.5) is 5.69 Å². The lowest BCUT2D eigenvalue weighted by molar-refractivity contribution is -0.117. The van der Waals surface area contributed by atoms with E-state index in [0.29, 0.717) is 13.0 Å². The molecule has 0 aliphatic carbocycles. The lowest BCUT2D eigenvalue weighted by Crippen LogP contribution is -2.38. The number of nitrogens with two attached hydrogens (primary N) is 1. The third-order valence-corrected chi connectivity index (χ3v) is 6.21. The summed E-state index contributed by atoms with van der Waals surface area (Å²) in [6, 6.07) is 24.6. The molecule has 0 radical (unpaired) electrons. The summed E-state index contributed by atoms with van der Waals surface area (Å²) < 4.78 is 23.2. The van der Waals surface area contributed by atoms with Crippen LogP contribution in [-0.2, 0) is 21.2 Å². The van der Waals surface area contributed by atoms with E-state index in [9.17, 15) is 13.2 Å². The first kappa shape index (κ1) is 20.3. The highest BCUT2D eigenvalue weighted by Crippen LogP contribution is 2.30. The van der Waals surface area contributed by atoms with Gasteiger partial charge in [-0.15, -0.1) is 0 Å². The molecular weight excluding hydrogens is 398 g/mol. The second kappa shape index (κ2) is 8.39. The number of primary sulfonamides is 1. The van der Waals surface area contributed by atoms with E-state index in [1.54, 1.807) is 17.0 Å². The average Bonchev–Trinajstić information content (AvgIpc) is 3.18. The van der Waals surface area contributed by atoms with E-state index in [-0.39, 0.29) is 23.4 Å². The van der Waals surface area contributed by atoms with Crippen LogP contribution in [0.5, 0.6) is 0 Å². The van der Waals surface area contributed by atoms with Gasteiger partial charge in [0.25, 0.3) is 0 Å². The fourth-order valence-electron chi connectivity index (χ4n) is 3.82. The van der Waals surface area contributed by atoms with Gasteiger partial charge in [0.15, 0.2) is 0 Å². The molecule has 0 spiro atoms. The Labute approximate surface area is 176 Å². The molecule has 3 N–H and O–H groups in total. The van der Waals surface area contributed by atoms with Crippen molar-refractivity contribution in [2.45, 2.75) is 17.4 Å². The zero-order valence-corrected chi connectivity index (χ0v) is 17.2. The molecule has 0 aromatic heterocycles. The first-order chi connectivity index (χ1) is 14.4. The minimum atomic E-state index is -3.76. The molecule has 1 aliphatic heterocycles. The van der Waals surface area contributed by atoms with Crippen LogP contribution in [0, 0.1) is 0 Å². The number of nitrogens with zero attached hydrogens (tertiary/aromatic N) is 1. The zero-order valence-electron chi connectivity index (χ0n) is 16.4. The molecule has 0 saturated heterocycles. The quantitative estimate of drug-likeness (QED) is 0.640. The molecule has 6 nitrogen and oxygen atoms in total. The van der Waals surface area contributed by atoms with Crippen LogP contribution in [0.1, 0.15) is 22.7 Å². The van der Waals surface area contributed by atoms with Crippen LogP contribution >= 0.6 is 0 Å². The molecule has 4 rings (SSSR count). The van der Waals surface area contributed by atoms with Crippen molar-refractivity contribution in [3.05, 3.63) is 95.6 Å². The molecule has 3 aromatic rings. The van der Waals surface area contributed by atoms with E-state index in [4.69, 9.17) is 5.14 Å². The number of carbonyl (C=O) groups excluding carboxylic acids is 1. The summed E-state index contributed by atoms with van der Waals surface area (Å²) in [7, 11) is -3.76. The highest BCUT2D eigenvalue weighted by atomic mass is 32.2. The minimum absolute atomic E-state index is 0.0611. The van der Waals surface area contributed by atoms with Crippen LogP contribution in [0.15, 0.2) is 83.8 Å². The molecule has 0 saturated carbocycles. The van der Waals surface area contributed by atoms with Crippen LogP contribution in [0.25, 0.3) is 0 Å². The average molecular weight is 422 g/mol. The number of amides is 1. The van der Waals surface area contributed by atoms with E-state index in [2.05, 4.69) is 5.32 Å². The Morgan fingerprint density at radius 1 is 0.967 bits per heavy atom. The summed E-state index contributed by atoms with van der Waals surface area (Å²) in [6.45, 7) is 0.677. The van der Waals surface area contributed by atoms with Gasteiger partial charge in [-0.2, -0.15) is 0 Å². The standard InChI is InChI=1S/C23H23N3O3S/c24-30(28,29)20-11-12-21-19(15-20)13-14-26(21)22(27)16-25-23(17-7-3-1-4-8-17)18-9-5-2-6-10-18/h1-12,15,23,25H,13-14,16H2,(H2,24,28,29). The number of benzene rings is 3. The number of nitrogens with one attached hydrogen (secondary N) is 1. The van der Waals surface area contributed by atoms with Gasteiger partial charge in [-0.25, -0.2) is 13.6 Å². The summed E-state index contributed by atoms with van der Waals surface area (Å²) >= 11 is 0. The monoisotopic (exact) mass is 421 g/mol. The van der Waals surface area contributed by atoms with E-state index < -0.39 is 10.0 Å². The SMILES string of the molecule is NS(=O)(=O)c1ccc2c(c1)CCN2C(=O)CNC(c1ccccc1)c1ccccc1. The van der Waals surface area contributed by atoms with Gasteiger partial charge >= 0.3 is 0 Å². The molecule has 0 unspecified atom stereocenters. The van der Waals surface area contributed by atoms with Crippen LogP contribution in [0.2, 0.25) is 0 Å². The van der Waals surface area contributed by atoms with Crippen LogP contribution in [-0.4, -0.2) is 27.4 Å². The molecule has 1 amide bonds. The Morgan fingerprint density at radius 2 is 1.57 bits per heavy atom. The first-order valence-electron chi connectivity index (χ1n) is 9.73. The molecule has 3 aromatic carbocycles. The summed E-state index contributed by atoms with van der Waals surface area (Å²) in [5, 5.41) is 8.61. The van der Waals surface area contributed by atoms with E-state index in [1.807, 2.05) is 60.7 Å². The Balaban J connectivity index is 1.52. The predicted octanol–water partition coefficient (Wildman–Crippen LogP) is 2.60. The molecule has 0 bridgehead atoms. The van der Waals surface area contributed by atoms with E-state index in [0.717, 1.165) is 22.4 Å². The minimum Gasteiger partial charge on any atom is -0.311 e. The number of carbonyl (C=O) groups is 1. The number of fused-ring (bicyclic) bond motifs is 1. The molecule has 0 atom stereocenters. The van der Waals surface area contributed by atoms with Crippen LogP contribution in [0.3, 0.4) is 0 Å². The zero-order chi connectivity index (χ0) is 21.1. The lowest BCUT2D eigenvalue weighted by Gasteiger charge is -2.23. The Kier molecular flexibility index (Phi) is 5.67. The van der Waals surface area contributed by atoms with Crippen molar-refractivity contribution in [2.24, 2.45) is 5.14 Å². The third kappa shape index (κ3) is 4.28. The van der Waals surface area contributed by atoms with Crippen molar-refractivity contribution in [3.8, 4) is 0 Å². The molecule has 7 heteroatoms. The molecule has 154 valence electrons. The molecule has 30 heavy (non-hydrogen) atoms. The normalized spacial score (nSPS) is 13.5. The maximum Gasteiger partial charge on any atom is 0.240 e. The van der Waals surface area contributed by atoms with Gasteiger partial charge in [0.2, 0.25) is 15.9 Å². The van der Waals surface area contributed by atoms with Crippen molar-refractivity contribution in [3.63, 3.8) is 0 Å². The highest BCUT2D eigenvalue weighted by Gasteiger charge is 2.26. The number of hydrogen-bond donors (Lipinski definition) is 2. The Hall–Kier alpha value is -3.00. The van der Waals surface area contributed by atoms with Gasteiger partial charge in [0, 0.05) is 12.2 Å². The highest BCUT2D eigenvalue weighted by molar-refractivity contribution is 7.89. The predicted molar refractivity (Wildman–Crippen MR) is 117 cm³/mol. The molecular formula is C23H23N3O3S. The molecule has 1 heterocycles. The first-order valence-corrected chi connectivity index (χ1v) is 11.3. The van der Waals surface area contributed by atoms with Crippen molar-refractivity contribution in [2.75, 3.05) is 18.0 Å². The smallest absolute Gasteiger partial charge is 0.240 e. The topological polar surface area (TPSA) is 92.5 Å². The van der Waals surface area contributed by atoms with Crippen LogP contribution < -0.4 is 15.4 Å². The summed E-state index contributed by atoms with van der Waals surface area (Å²) in [4.78, 5) is 14.7. The maximum atomic E-state index is 13.0. The van der Waals surface area contributed by atoms with Crippen molar-refractivity contribution < 1.29 is 13.2 Å². The van der Waals surface area contributed by atoms with E-state index in [1.165, 1.54) is 6.07 Å². The molecule has 0 fully saturated rings. The number of anilines is 1.